The molecule has 78 valence electrons. The highest BCUT2D eigenvalue weighted by Gasteiger charge is 2.00. The van der Waals surface area contributed by atoms with Crippen molar-refractivity contribution in [3.05, 3.63) is 53.1 Å². The molecule has 1 aromatic rings. The summed E-state index contributed by atoms with van der Waals surface area (Å²) in [5, 5.41) is 0. The molecule has 1 aromatic carbocycles. The van der Waals surface area contributed by atoms with Crippen molar-refractivity contribution in [3.63, 3.8) is 0 Å². The quantitative estimate of drug-likeness (QED) is 0.683. The van der Waals surface area contributed by atoms with Crippen molar-refractivity contribution < 1.29 is 4.79 Å². The van der Waals surface area contributed by atoms with Crippen molar-refractivity contribution in [3.8, 4) is 0 Å². The van der Waals surface area contributed by atoms with Gasteiger partial charge in [0, 0.05) is 0 Å². The Morgan fingerprint density at radius 1 is 1.20 bits per heavy atom. The Balaban J connectivity index is 3.10. The lowest BCUT2D eigenvalue weighted by molar-refractivity contribution is -0.110. The van der Waals surface area contributed by atoms with Crippen LogP contribution in [0.4, 0.5) is 0 Å². The molecule has 0 aliphatic heterocycles. The number of ketones is 1. The number of hydrogen-bond acceptors (Lipinski definition) is 1. The SMILES string of the molecule is C=CC(=O)/C=C/c1c(C)cc(C)cc1C. The Kier molecular flexibility index (Phi) is 3.62. The third-order valence-corrected chi connectivity index (χ3v) is 2.35. The first-order valence-electron chi connectivity index (χ1n) is 4.97. The lowest BCUT2D eigenvalue weighted by Crippen LogP contribution is -1.90. The summed E-state index contributed by atoms with van der Waals surface area (Å²) < 4.78 is 0. The van der Waals surface area contributed by atoms with E-state index in [1.807, 2.05) is 6.08 Å². The predicted molar refractivity (Wildman–Crippen MR) is 64.9 cm³/mol. The first-order chi connectivity index (χ1) is 7.04. The molecule has 0 fully saturated rings. The Labute approximate surface area is 91.1 Å². The van der Waals surface area contributed by atoms with Gasteiger partial charge in [0.1, 0.15) is 0 Å². The smallest absolute Gasteiger partial charge is 0.178 e. The van der Waals surface area contributed by atoms with Gasteiger partial charge in [-0.1, -0.05) is 30.4 Å². The molecule has 0 aromatic heterocycles. The molecule has 0 unspecified atom stereocenters. The normalized spacial score (nSPS) is 10.6. The predicted octanol–water partition coefficient (Wildman–Crippen LogP) is 3.38. The van der Waals surface area contributed by atoms with E-state index < -0.39 is 0 Å². The minimum absolute atomic E-state index is 0.0608. The zero-order valence-electron chi connectivity index (χ0n) is 9.50. The van der Waals surface area contributed by atoms with Gasteiger partial charge in [-0.15, -0.1) is 0 Å². The van der Waals surface area contributed by atoms with Crippen LogP contribution in [0, 0.1) is 20.8 Å². The summed E-state index contributed by atoms with van der Waals surface area (Å²) >= 11 is 0. The molecule has 0 amide bonds. The van der Waals surface area contributed by atoms with Crippen molar-refractivity contribution >= 4 is 11.9 Å². The molecule has 0 heterocycles. The number of hydrogen-bond donors (Lipinski definition) is 0. The molecule has 0 bridgehead atoms. The van der Waals surface area contributed by atoms with E-state index in [1.54, 1.807) is 6.08 Å². The van der Waals surface area contributed by atoms with E-state index in [0.717, 1.165) is 5.56 Å². The summed E-state index contributed by atoms with van der Waals surface area (Å²) in [5.74, 6) is -0.0608. The standard InChI is InChI=1S/C14H16O/c1-5-13(15)6-7-14-11(3)8-10(2)9-12(14)4/h5-9H,1H2,2-4H3/b7-6+. The average molecular weight is 200 g/mol. The van der Waals surface area contributed by atoms with E-state index >= 15 is 0 Å². The van der Waals surface area contributed by atoms with Crippen LogP contribution in [0.3, 0.4) is 0 Å². The molecule has 0 aliphatic carbocycles. The summed E-state index contributed by atoms with van der Waals surface area (Å²) in [5.41, 5.74) is 4.76. The molecule has 1 rings (SSSR count). The van der Waals surface area contributed by atoms with Crippen molar-refractivity contribution in [2.45, 2.75) is 20.8 Å². The lowest BCUT2D eigenvalue weighted by Gasteiger charge is -2.06. The van der Waals surface area contributed by atoms with Gasteiger partial charge in [0.25, 0.3) is 0 Å². The molecule has 0 N–H and O–H groups in total. The van der Waals surface area contributed by atoms with Gasteiger partial charge in [0.15, 0.2) is 5.78 Å². The second-order valence-electron chi connectivity index (χ2n) is 3.75. The van der Waals surface area contributed by atoms with Gasteiger partial charge in [-0.2, -0.15) is 0 Å². The van der Waals surface area contributed by atoms with Crippen LogP contribution in [0.15, 0.2) is 30.9 Å². The Morgan fingerprint density at radius 3 is 2.20 bits per heavy atom. The molecule has 0 radical (unpaired) electrons. The van der Waals surface area contributed by atoms with Gasteiger partial charge < -0.3 is 0 Å². The van der Waals surface area contributed by atoms with Crippen molar-refractivity contribution in [2.24, 2.45) is 0 Å². The first kappa shape index (κ1) is 11.4. The van der Waals surface area contributed by atoms with Gasteiger partial charge in [0.2, 0.25) is 0 Å². The molecular formula is C14H16O. The maximum atomic E-state index is 11.1. The summed E-state index contributed by atoms with van der Waals surface area (Å²) in [7, 11) is 0. The highest BCUT2D eigenvalue weighted by molar-refractivity contribution is 6.01. The van der Waals surface area contributed by atoms with E-state index in [2.05, 4.69) is 39.5 Å². The van der Waals surface area contributed by atoms with Crippen LogP contribution >= 0.6 is 0 Å². The summed E-state index contributed by atoms with van der Waals surface area (Å²) in [6.07, 6.45) is 4.72. The minimum atomic E-state index is -0.0608. The molecule has 0 saturated heterocycles. The molecule has 0 saturated carbocycles. The summed E-state index contributed by atoms with van der Waals surface area (Å²) in [4.78, 5) is 11.1. The second-order valence-corrected chi connectivity index (χ2v) is 3.75. The number of rotatable bonds is 3. The minimum Gasteiger partial charge on any atom is -0.290 e. The fourth-order valence-electron chi connectivity index (χ4n) is 1.69. The number of benzene rings is 1. The van der Waals surface area contributed by atoms with Crippen LogP contribution in [0.2, 0.25) is 0 Å². The van der Waals surface area contributed by atoms with Crippen LogP contribution in [-0.4, -0.2) is 5.78 Å². The summed E-state index contributed by atoms with van der Waals surface area (Å²) in [6.45, 7) is 9.61. The lowest BCUT2D eigenvalue weighted by atomic mass is 9.99. The maximum absolute atomic E-state index is 11.1. The number of allylic oxidation sites excluding steroid dienone is 2. The molecule has 1 heteroatoms. The number of aryl methyl sites for hydroxylation is 3. The number of carbonyl (C=O) groups excluding carboxylic acids is 1. The first-order valence-corrected chi connectivity index (χ1v) is 4.97. The largest absolute Gasteiger partial charge is 0.290 e. The zero-order valence-corrected chi connectivity index (χ0v) is 9.50. The van der Waals surface area contributed by atoms with Gasteiger partial charge in [-0.3, -0.25) is 4.79 Å². The summed E-state index contributed by atoms with van der Waals surface area (Å²) in [6, 6.07) is 4.23. The third kappa shape index (κ3) is 2.91. The van der Waals surface area contributed by atoms with Crippen LogP contribution < -0.4 is 0 Å². The van der Waals surface area contributed by atoms with E-state index in [9.17, 15) is 4.79 Å². The van der Waals surface area contributed by atoms with Crippen LogP contribution in [0.1, 0.15) is 22.3 Å². The van der Waals surface area contributed by atoms with Crippen molar-refractivity contribution in [1.82, 2.24) is 0 Å². The topological polar surface area (TPSA) is 17.1 Å². The molecule has 1 nitrogen and oxygen atoms in total. The van der Waals surface area contributed by atoms with Crippen molar-refractivity contribution in [2.75, 3.05) is 0 Å². The third-order valence-electron chi connectivity index (χ3n) is 2.35. The van der Waals surface area contributed by atoms with Crippen LogP contribution in [0.25, 0.3) is 6.08 Å². The fourth-order valence-corrected chi connectivity index (χ4v) is 1.69. The molecular weight excluding hydrogens is 184 g/mol. The van der Waals surface area contributed by atoms with Gasteiger partial charge in [-0.25, -0.2) is 0 Å². The van der Waals surface area contributed by atoms with E-state index in [0.29, 0.717) is 0 Å². The van der Waals surface area contributed by atoms with Crippen LogP contribution in [-0.2, 0) is 4.79 Å². The molecule has 15 heavy (non-hydrogen) atoms. The monoisotopic (exact) mass is 200 g/mol. The van der Waals surface area contributed by atoms with Crippen LogP contribution in [0.5, 0.6) is 0 Å². The highest BCUT2D eigenvalue weighted by Crippen LogP contribution is 2.17. The van der Waals surface area contributed by atoms with Gasteiger partial charge in [0.05, 0.1) is 0 Å². The number of carbonyl (C=O) groups is 1. The average Bonchev–Trinajstić information content (AvgIpc) is 2.15. The zero-order chi connectivity index (χ0) is 11.4. The van der Waals surface area contributed by atoms with Gasteiger partial charge >= 0.3 is 0 Å². The Morgan fingerprint density at radius 2 is 1.73 bits per heavy atom. The van der Waals surface area contributed by atoms with Crippen molar-refractivity contribution in [1.29, 1.82) is 0 Å². The van der Waals surface area contributed by atoms with Gasteiger partial charge in [-0.05, 0) is 49.6 Å². The highest BCUT2D eigenvalue weighted by atomic mass is 16.1. The Hall–Kier alpha value is -1.63. The molecule has 0 atom stereocenters. The fraction of sp³-hybridized carbons (Fsp3) is 0.214. The van der Waals surface area contributed by atoms with E-state index in [4.69, 9.17) is 0 Å². The van der Waals surface area contributed by atoms with E-state index in [-0.39, 0.29) is 5.78 Å². The maximum Gasteiger partial charge on any atom is 0.178 e. The molecule has 0 spiro atoms. The second kappa shape index (κ2) is 4.74. The Bertz CT molecular complexity index is 402. The molecule has 0 aliphatic rings. The van der Waals surface area contributed by atoms with E-state index in [1.165, 1.54) is 22.8 Å².